The second kappa shape index (κ2) is 11.0. The van der Waals surface area contributed by atoms with Gasteiger partial charge in [0.05, 0.1) is 30.6 Å². The molecule has 2 fully saturated rings. The van der Waals surface area contributed by atoms with Crippen LogP contribution in [0.2, 0.25) is 0 Å². The van der Waals surface area contributed by atoms with Crippen LogP contribution in [0, 0.1) is 11.3 Å². The number of methoxy groups -OCH3 is 1. The van der Waals surface area contributed by atoms with Crippen LogP contribution >= 0.6 is 0 Å². The highest BCUT2D eigenvalue weighted by Gasteiger charge is 2.30. The number of ether oxygens (including phenoxy) is 3. The highest BCUT2D eigenvalue weighted by molar-refractivity contribution is 5.72. The molecule has 0 bridgehead atoms. The van der Waals surface area contributed by atoms with Crippen molar-refractivity contribution in [3.8, 4) is 23.1 Å². The maximum atomic E-state index is 9.70. The zero-order valence-electron chi connectivity index (χ0n) is 20.7. The first-order valence-electron chi connectivity index (χ1n) is 12.4. The van der Waals surface area contributed by atoms with Crippen molar-refractivity contribution in [2.24, 2.45) is 0 Å². The van der Waals surface area contributed by atoms with Crippen molar-refractivity contribution >= 4 is 11.6 Å². The molecule has 5 rings (SSSR count). The fourth-order valence-electron chi connectivity index (χ4n) is 4.60. The van der Waals surface area contributed by atoms with E-state index in [1.807, 2.05) is 30.3 Å². The molecule has 2 saturated heterocycles. The lowest BCUT2D eigenvalue weighted by molar-refractivity contribution is -0.0479. The van der Waals surface area contributed by atoms with Gasteiger partial charge >= 0.3 is 0 Å². The molecule has 0 aliphatic carbocycles. The number of anilines is 2. The number of para-hydroxylation sites is 1. The number of aromatic nitrogens is 2. The number of nitriles is 1. The van der Waals surface area contributed by atoms with Crippen LogP contribution in [-0.2, 0) is 9.47 Å². The van der Waals surface area contributed by atoms with E-state index in [4.69, 9.17) is 19.2 Å². The summed E-state index contributed by atoms with van der Waals surface area (Å²) < 4.78 is 17.2. The molecule has 0 saturated carbocycles. The number of hydrogen-bond donors (Lipinski definition) is 1. The molecule has 1 N–H and O–H groups in total. The van der Waals surface area contributed by atoms with Gasteiger partial charge in [0.2, 0.25) is 5.95 Å². The molecule has 8 heteroatoms. The van der Waals surface area contributed by atoms with Crippen LogP contribution in [0.25, 0.3) is 11.3 Å². The fraction of sp³-hybridized carbons (Fsp3) is 0.393. The van der Waals surface area contributed by atoms with Crippen molar-refractivity contribution < 1.29 is 14.2 Å². The first-order chi connectivity index (χ1) is 17.6. The van der Waals surface area contributed by atoms with Gasteiger partial charge in [-0.25, -0.2) is 9.97 Å². The van der Waals surface area contributed by atoms with Gasteiger partial charge in [0.15, 0.2) is 0 Å². The van der Waals surface area contributed by atoms with Crippen LogP contribution in [-0.4, -0.2) is 60.5 Å². The Morgan fingerprint density at radius 2 is 1.86 bits per heavy atom. The Kier molecular flexibility index (Phi) is 7.42. The molecule has 0 radical (unpaired) electrons. The molecule has 8 nitrogen and oxygen atoms in total. The molecule has 186 valence electrons. The zero-order chi connectivity index (χ0) is 24.9. The van der Waals surface area contributed by atoms with Crippen LogP contribution < -0.4 is 10.1 Å². The molecule has 0 amide bonds. The third-order valence-electron chi connectivity index (χ3n) is 6.93. The maximum Gasteiger partial charge on any atom is 0.227 e. The lowest BCUT2D eigenvalue weighted by Gasteiger charge is -2.42. The van der Waals surface area contributed by atoms with Crippen molar-refractivity contribution in [3.63, 3.8) is 0 Å². The van der Waals surface area contributed by atoms with Gasteiger partial charge in [-0.3, -0.25) is 4.90 Å². The molecule has 1 atom stereocenters. The van der Waals surface area contributed by atoms with Crippen LogP contribution in [0.3, 0.4) is 0 Å². The molecular formula is C28H31N5O3. The molecule has 3 aromatic rings. The Labute approximate surface area is 211 Å². The van der Waals surface area contributed by atoms with Gasteiger partial charge in [-0.2, -0.15) is 5.26 Å². The third-order valence-corrected chi connectivity index (χ3v) is 6.93. The Balaban J connectivity index is 1.32. The summed E-state index contributed by atoms with van der Waals surface area (Å²) in [6.45, 7) is 5.48. The quantitative estimate of drug-likeness (QED) is 0.491. The zero-order valence-corrected chi connectivity index (χ0v) is 20.7. The van der Waals surface area contributed by atoms with Gasteiger partial charge in [0.25, 0.3) is 0 Å². The van der Waals surface area contributed by atoms with E-state index in [-0.39, 0.29) is 6.10 Å². The predicted molar refractivity (Wildman–Crippen MR) is 137 cm³/mol. The van der Waals surface area contributed by atoms with Crippen LogP contribution in [0.15, 0.2) is 54.7 Å². The van der Waals surface area contributed by atoms with Gasteiger partial charge < -0.3 is 19.5 Å². The molecular weight excluding hydrogens is 454 g/mol. The van der Waals surface area contributed by atoms with Gasteiger partial charge in [0, 0.05) is 56.5 Å². The van der Waals surface area contributed by atoms with Crippen molar-refractivity contribution in [2.45, 2.75) is 38.0 Å². The predicted octanol–water partition coefficient (Wildman–Crippen LogP) is 4.71. The van der Waals surface area contributed by atoms with Crippen molar-refractivity contribution in [2.75, 3.05) is 38.7 Å². The Hall–Kier alpha value is -3.51. The topological polar surface area (TPSA) is 92.5 Å². The van der Waals surface area contributed by atoms with E-state index in [0.29, 0.717) is 48.3 Å². The first kappa shape index (κ1) is 24.2. The second-order valence-electron chi connectivity index (χ2n) is 9.22. The molecule has 1 aromatic heterocycles. The number of nitrogens with zero attached hydrogens (tertiary/aromatic N) is 4. The van der Waals surface area contributed by atoms with E-state index < -0.39 is 0 Å². The number of likely N-dealkylation sites (tertiary alicyclic amines) is 1. The van der Waals surface area contributed by atoms with Gasteiger partial charge in [-0.15, -0.1) is 0 Å². The minimum atomic E-state index is 0.0176. The lowest BCUT2D eigenvalue weighted by atomic mass is 10.0. The second-order valence-corrected chi connectivity index (χ2v) is 9.22. The van der Waals surface area contributed by atoms with Crippen LogP contribution in [0.5, 0.6) is 5.75 Å². The summed E-state index contributed by atoms with van der Waals surface area (Å²) in [5.74, 6) is 1.05. The normalized spacial score (nSPS) is 17.7. The molecule has 1 unspecified atom stereocenters. The van der Waals surface area contributed by atoms with E-state index in [1.54, 1.807) is 19.4 Å². The summed E-state index contributed by atoms with van der Waals surface area (Å²) in [7, 11) is 1.77. The highest BCUT2D eigenvalue weighted by atomic mass is 16.5. The minimum Gasteiger partial charge on any atom is -0.488 e. The van der Waals surface area contributed by atoms with Gasteiger partial charge in [-0.05, 0) is 42.8 Å². The average molecular weight is 486 g/mol. The molecule has 36 heavy (non-hydrogen) atoms. The summed E-state index contributed by atoms with van der Waals surface area (Å²) in [5.41, 5.74) is 4.14. The Morgan fingerprint density at radius 1 is 1.08 bits per heavy atom. The van der Waals surface area contributed by atoms with Gasteiger partial charge in [-0.1, -0.05) is 18.2 Å². The fourth-order valence-corrected chi connectivity index (χ4v) is 4.60. The minimum absolute atomic E-state index is 0.0176. The van der Waals surface area contributed by atoms with E-state index in [2.05, 4.69) is 40.3 Å². The number of rotatable bonds is 8. The van der Waals surface area contributed by atoms with E-state index in [1.165, 1.54) is 5.56 Å². The summed E-state index contributed by atoms with van der Waals surface area (Å²) in [5, 5.41) is 13.0. The van der Waals surface area contributed by atoms with Crippen LogP contribution in [0.1, 0.15) is 36.9 Å². The summed E-state index contributed by atoms with van der Waals surface area (Å²) >= 11 is 0. The van der Waals surface area contributed by atoms with Crippen molar-refractivity contribution in [1.82, 2.24) is 14.9 Å². The molecule has 2 aliphatic rings. The number of benzene rings is 2. The van der Waals surface area contributed by atoms with E-state index in [9.17, 15) is 5.26 Å². The maximum absolute atomic E-state index is 9.70. The first-order valence-corrected chi connectivity index (χ1v) is 12.4. The summed E-state index contributed by atoms with van der Waals surface area (Å²) in [6.07, 6.45) is 3.68. The Bertz CT molecular complexity index is 1210. The standard InChI is InChI=1S/C28H31N5O3/c1-19(33-17-24(18-33)34-2)20-6-8-22(9-7-20)31-28-30-13-10-26(32-28)25-5-3-4-21(16-29)27(25)36-23-11-14-35-15-12-23/h3-10,13,19,23-24H,11-12,14-15,17-18H2,1-2H3,(H,30,31,32). The monoisotopic (exact) mass is 485 g/mol. The number of hydrogen-bond acceptors (Lipinski definition) is 8. The summed E-state index contributed by atoms with van der Waals surface area (Å²) in [4.78, 5) is 11.5. The van der Waals surface area contributed by atoms with Crippen molar-refractivity contribution in [1.29, 1.82) is 5.26 Å². The molecule has 0 spiro atoms. The van der Waals surface area contributed by atoms with Crippen molar-refractivity contribution in [3.05, 3.63) is 65.9 Å². The van der Waals surface area contributed by atoms with Gasteiger partial charge in [0.1, 0.15) is 17.9 Å². The average Bonchev–Trinajstić information content (AvgIpc) is 2.89. The largest absolute Gasteiger partial charge is 0.488 e. The third kappa shape index (κ3) is 5.34. The molecule has 2 aliphatic heterocycles. The summed E-state index contributed by atoms with van der Waals surface area (Å²) in [6, 6.07) is 18.4. The lowest BCUT2D eigenvalue weighted by Crippen LogP contribution is -2.52. The van der Waals surface area contributed by atoms with E-state index >= 15 is 0 Å². The SMILES string of the molecule is COC1CN(C(C)c2ccc(Nc3nccc(-c4cccc(C#N)c4OC4CCOCC4)n3)cc2)C1. The Morgan fingerprint density at radius 3 is 2.58 bits per heavy atom. The smallest absolute Gasteiger partial charge is 0.227 e. The van der Waals surface area contributed by atoms with Crippen LogP contribution in [0.4, 0.5) is 11.6 Å². The number of nitrogens with one attached hydrogen (secondary N) is 1. The molecule has 2 aromatic carbocycles. The van der Waals surface area contributed by atoms with E-state index in [0.717, 1.165) is 37.2 Å². The molecule has 3 heterocycles. The highest BCUT2D eigenvalue weighted by Crippen LogP contribution is 2.34.